The highest BCUT2D eigenvalue weighted by atomic mass is 32.2. The standard InChI is InChI=1S/C9H11N7O3S/c10-15-12-5-7-1-3-8(4-2-7)9(17)14-20(18,19)6-13-16-11/h1-4H,5-6H2,(H2,10,12)(H,14,17). The van der Waals surface area contributed by atoms with Crippen LogP contribution in [-0.2, 0) is 16.6 Å². The number of nitrogens with one attached hydrogen (secondary N) is 1. The second-order valence-electron chi connectivity index (χ2n) is 3.52. The number of amides is 1. The van der Waals surface area contributed by atoms with Gasteiger partial charge in [0.15, 0.2) is 0 Å². The van der Waals surface area contributed by atoms with Gasteiger partial charge < -0.3 is 5.84 Å². The molecule has 1 rings (SSSR count). The van der Waals surface area contributed by atoms with Crippen LogP contribution in [0.4, 0.5) is 0 Å². The van der Waals surface area contributed by atoms with Gasteiger partial charge in [0.25, 0.3) is 5.91 Å². The lowest BCUT2D eigenvalue weighted by Gasteiger charge is -2.04. The molecule has 0 atom stereocenters. The van der Waals surface area contributed by atoms with Crippen LogP contribution in [0.25, 0.3) is 10.4 Å². The summed E-state index contributed by atoms with van der Waals surface area (Å²) in [4.78, 5) is 14.0. The van der Waals surface area contributed by atoms with Gasteiger partial charge in [0.1, 0.15) is 5.88 Å². The van der Waals surface area contributed by atoms with Gasteiger partial charge in [-0.3, -0.25) is 4.79 Å². The molecule has 0 aliphatic carbocycles. The number of sulfonamides is 1. The monoisotopic (exact) mass is 297 g/mol. The quantitative estimate of drug-likeness (QED) is 0.261. The molecule has 0 saturated carbocycles. The normalized spacial score (nSPS) is 11.0. The van der Waals surface area contributed by atoms with E-state index in [1.54, 1.807) is 16.9 Å². The fraction of sp³-hybridized carbons (Fsp3) is 0.222. The summed E-state index contributed by atoms with van der Waals surface area (Å²) >= 11 is 0. The molecule has 0 unspecified atom stereocenters. The van der Waals surface area contributed by atoms with Crippen molar-refractivity contribution >= 4 is 15.9 Å². The fourth-order valence-corrected chi connectivity index (χ4v) is 1.89. The number of hydrogen-bond acceptors (Lipinski definition) is 6. The zero-order chi connectivity index (χ0) is 15.0. The number of carbonyl (C=O) groups is 1. The predicted molar refractivity (Wildman–Crippen MR) is 69.6 cm³/mol. The maximum atomic E-state index is 11.7. The van der Waals surface area contributed by atoms with Crippen molar-refractivity contribution in [1.82, 2.24) is 4.72 Å². The number of rotatable bonds is 6. The third kappa shape index (κ3) is 4.92. The Morgan fingerprint density at radius 2 is 2.00 bits per heavy atom. The molecule has 0 fully saturated rings. The van der Waals surface area contributed by atoms with Crippen LogP contribution in [-0.4, -0.2) is 20.2 Å². The molecule has 3 N–H and O–H groups in total. The van der Waals surface area contributed by atoms with Gasteiger partial charge in [-0.1, -0.05) is 22.5 Å². The highest BCUT2D eigenvalue weighted by molar-refractivity contribution is 7.90. The summed E-state index contributed by atoms with van der Waals surface area (Å²) in [6.07, 6.45) is 0. The van der Waals surface area contributed by atoms with Crippen LogP contribution in [0.1, 0.15) is 15.9 Å². The summed E-state index contributed by atoms with van der Waals surface area (Å²) in [5, 5.41) is 9.54. The van der Waals surface area contributed by atoms with Gasteiger partial charge in [-0.25, -0.2) is 13.1 Å². The van der Waals surface area contributed by atoms with Crippen molar-refractivity contribution in [2.24, 2.45) is 21.3 Å². The number of hydrogen-bond donors (Lipinski definition) is 2. The molecule has 0 radical (unpaired) electrons. The number of carbonyl (C=O) groups excluding carboxylic acids is 1. The molecule has 0 aliphatic heterocycles. The molecule has 0 aliphatic rings. The van der Waals surface area contributed by atoms with E-state index in [1.807, 2.05) is 0 Å². The molecule has 11 heteroatoms. The van der Waals surface area contributed by atoms with Gasteiger partial charge in [0, 0.05) is 10.5 Å². The van der Waals surface area contributed by atoms with Crippen molar-refractivity contribution < 1.29 is 13.2 Å². The van der Waals surface area contributed by atoms with Gasteiger partial charge in [0.05, 0.1) is 6.54 Å². The fourth-order valence-electron chi connectivity index (χ4n) is 1.22. The van der Waals surface area contributed by atoms with Crippen LogP contribution < -0.4 is 10.6 Å². The average molecular weight is 297 g/mol. The molecule has 1 amide bonds. The Labute approximate surface area is 114 Å². The molecule has 1 aromatic rings. The predicted octanol–water partition coefficient (Wildman–Crippen LogP) is 0.840. The number of azide groups is 1. The maximum Gasteiger partial charge on any atom is 0.264 e. The van der Waals surface area contributed by atoms with Gasteiger partial charge >= 0.3 is 0 Å². The van der Waals surface area contributed by atoms with Gasteiger partial charge in [-0.2, -0.15) is 5.11 Å². The topological polar surface area (TPSA) is 163 Å². The van der Waals surface area contributed by atoms with E-state index in [4.69, 9.17) is 11.4 Å². The highest BCUT2D eigenvalue weighted by Gasteiger charge is 2.14. The summed E-state index contributed by atoms with van der Waals surface area (Å²) in [6.45, 7) is 0.258. The van der Waals surface area contributed by atoms with Gasteiger partial charge in [-0.05, 0) is 23.2 Å². The van der Waals surface area contributed by atoms with E-state index in [0.717, 1.165) is 5.56 Å². The first-order valence-corrected chi connectivity index (χ1v) is 6.85. The van der Waals surface area contributed by atoms with Crippen LogP contribution in [0.5, 0.6) is 0 Å². The van der Waals surface area contributed by atoms with Crippen molar-refractivity contribution in [3.05, 3.63) is 45.8 Å². The second-order valence-corrected chi connectivity index (χ2v) is 5.21. The Bertz CT molecular complexity index is 647. The van der Waals surface area contributed by atoms with Crippen LogP contribution in [0, 0.1) is 0 Å². The average Bonchev–Trinajstić information content (AvgIpc) is 2.43. The second kappa shape index (κ2) is 7.07. The summed E-state index contributed by atoms with van der Waals surface area (Å²) in [5.41, 5.74) is 8.94. The van der Waals surface area contributed by atoms with Crippen molar-refractivity contribution in [2.75, 3.05) is 5.88 Å². The molecule has 0 heterocycles. The molecule has 0 aromatic heterocycles. The summed E-state index contributed by atoms with van der Waals surface area (Å²) in [7, 11) is -3.99. The Kier molecular flexibility index (Phi) is 5.44. The Morgan fingerprint density at radius 3 is 2.55 bits per heavy atom. The molecular weight excluding hydrogens is 286 g/mol. The first kappa shape index (κ1) is 15.4. The first-order valence-electron chi connectivity index (χ1n) is 5.20. The minimum Gasteiger partial charge on any atom is -0.305 e. The van der Waals surface area contributed by atoms with Crippen molar-refractivity contribution in [1.29, 1.82) is 0 Å². The molecule has 20 heavy (non-hydrogen) atoms. The molecule has 10 nitrogen and oxygen atoms in total. The lowest BCUT2D eigenvalue weighted by molar-refractivity contribution is 0.0981. The van der Waals surface area contributed by atoms with Crippen LogP contribution in [0.2, 0.25) is 0 Å². The molecule has 0 spiro atoms. The van der Waals surface area contributed by atoms with Crippen LogP contribution in [0.15, 0.2) is 39.7 Å². The van der Waals surface area contributed by atoms with E-state index in [0.29, 0.717) is 0 Å². The molecular formula is C9H11N7O3S. The van der Waals surface area contributed by atoms with Crippen LogP contribution in [0.3, 0.4) is 0 Å². The Morgan fingerprint density at radius 1 is 1.35 bits per heavy atom. The lowest BCUT2D eigenvalue weighted by atomic mass is 10.1. The van der Waals surface area contributed by atoms with E-state index in [-0.39, 0.29) is 12.1 Å². The first-order chi connectivity index (χ1) is 9.48. The Balaban J connectivity index is 2.75. The van der Waals surface area contributed by atoms with E-state index in [9.17, 15) is 13.2 Å². The van der Waals surface area contributed by atoms with Crippen molar-refractivity contribution in [3.8, 4) is 0 Å². The molecule has 0 saturated heterocycles. The van der Waals surface area contributed by atoms with Crippen molar-refractivity contribution in [2.45, 2.75) is 6.54 Å². The third-order valence-corrected chi connectivity index (χ3v) is 3.04. The van der Waals surface area contributed by atoms with Crippen LogP contribution >= 0.6 is 0 Å². The van der Waals surface area contributed by atoms with E-state index < -0.39 is 21.8 Å². The lowest BCUT2D eigenvalue weighted by Crippen LogP contribution is -2.31. The number of nitrogens with two attached hydrogens (primary N) is 1. The van der Waals surface area contributed by atoms with Gasteiger partial charge in [0.2, 0.25) is 10.0 Å². The maximum absolute atomic E-state index is 11.7. The number of nitrogens with zero attached hydrogens (tertiary/aromatic N) is 5. The zero-order valence-electron chi connectivity index (χ0n) is 10.2. The summed E-state index contributed by atoms with van der Waals surface area (Å²) in [5.74, 6) is 3.20. The minimum absolute atomic E-state index is 0.142. The molecule has 106 valence electrons. The largest absolute Gasteiger partial charge is 0.305 e. The van der Waals surface area contributed by atoms with Gasteiger partial charge in [-0.15, -0.1) is 0 Å². The molecule has 1 aromatic carbocycles. The Hall–Kier alpha value is -2.65. The van der Waals surface area contributed by atoms with E-state index in [1.165, 1.54) is 12.1 Å². The SMILES string of the molecule is [N-]=[N+]=NCS(=O)(=O)NC(=O)c1ccc(CN=NN)cc1. The summed E-state index contributed by atoms with van der Waals surface area (Å²) < 4.78 is 24.5. The third-order valence-electron chi connectivity index (χ3n) is 2.09. The van der Waals surface area contributed by atoms with Crippen molar-refractivity contribution in [3.63, 3.8) is 0 Å². The smallest absolute Gasteiger partial charge is 0.264 e. The number of benzene rings is 1. The molecule has 0 bridgehead atoms. The summed E-state index contributed by atoms with van der Waals surface area (Å²) in [6, 6.07) is 6.03. The van der Waals surface area contributed by atoms with E-state index in [2.05, 4.69) is 20.4 Å². The zero-order valence-corrected chi connectivity index (χ0v) is 11.0. The minimum atomic E-state index is -3.99. The highest BCUT2D eigenvalue weighted by Crippen LogP contribution is 2.06. The van der Waals surface area contributed by atoms with E-state index >= 15 is 0 Å².